The van der Waals surface area contributed by atoms with Crippen LogP contribution in [0.3, 0.4) is 0 Å². The summed E-state index contributed by atoms with van der Waals surface area (Å²) in [7, 11) is 0. The van der Waals surface area contributed by atoms with Crippen molar-refractivity contribution in [3.05, 3.63) is 29.3 Å². The first-order valence-electron chi connectivity index (χ1n) is 6.18. The number of ether oxygens (including phenoxy) is 1. The molecule has 16 heavy (non-hydrogen) atoms. The second-order valence-corrected chi connectivity index (χ2v) is 4.63. The largest absolute Gasteiger partial charge is 0.491 e. The Balaban J connectivity index is 2.07. The molecule has 0 aliphatic heterocycles. The second-order valence-electron chi connectivity index (χ2n) is 4.63. The predicted molar refractivity (Wildman–Crippen MR) is 64.7 cm³/mol. The van der Waals surface area contributed by atoms with Gasteiger partial charge in [0.1, 0.15) is 5.75 Å². The van der Waals surface area contributed by atoms with Gasteiger partial charge in [0.05, 0.1) is 12.2 Å². The number of aryl methyl sites for hydroxylation is 1. The van der Waals surface area contributed by atoms with Crippen LogP contribution in [0.4, 0.5) is 0 Å². The molecule has 0 saturated heterocycles. The minimum absolute atomic E-state index is 0.267. The van der Waals surface area contributed by atoms with Gasteiger partial charge in [0, 0.05) is 0 Å². The van der Waals surface area contributed by atoms with Crippen LogP contribution in [0.1, 0.15) is 50.3 Å². The zero-order chi connectivity index (χ0) is 11.5. The molecular weight excluding hydrogens is 200 g/mol. The molecule has 2 atom stereocenters. The summed E-state index contributed by atoms with van der Waals surface area (Å²) in [5.74, 6) is 0.939. The summed E-state index contributed by atoms with van der Waals surface area (Å²) in [6, 6.07) is 6.05. The van der Waals surface area contributed by atoms with Crippen molar-refractivity contribution in [2.75, 3.05) is 0 Å². The summed E-state index contributed by atoms with van der Waals surface area (Å²) in [5, 5.41) is 9.70. The summed E-state index contributed by atoms with van der Waals surface area (Å²) in [5.41, 5.74) is 2.32. The standard InChI is InChI=1S/C14H20O2/c1-3-4-10(2)16-12-6-7-13-11(9-12)5-8-14(13)15/h6-7,9-10,14-15H,3-5,8H2,1-2H3/t10?,14-/m0/s1. The second kappa shape index (κ2) is 4.88. The first kappa shape index (κ1) is 11.5. The zero-order valence-electron chi connectivity index (χ0n) is 10.1. The average molecular weight is 220 g/mol. The summed E-state index contributed by atoms with van der Waals surface area (Å²) in [6.07, 6.45) is 4.05. The lowest BCUT2D eigenvalue weighted by Gasteiger charge is -2.14. The quantitative estimate of drug-likeness (QED) is 0.844. The normalized spacial score (nSPS) is 20.6. The molecule has 0 bridgehead atoms. The van der Waals surface area contributed by atoms with Gasteiger partial charge in [0.2, 0.25) is 0 Å². The smallest absolute Gasteiger partial charge is 0.119 e. The fourth-order valence-electron chi connectivity index (χ4n) is 2.34. The van der Waals surface area contributed by atoms with E-state index in [-0.39, 0.29) is 12.2 Å². The topological polar surface area (TPSA) is 29.5 Å². The van der Waals surface area contributed by atoms with E-state index in [0.717, 1.165) is 37.0 Å². The number of rotatable bonds is 4. The third-order valence-corrected chi connectivity index (χ3v) is 3.19. The molecule has 0 heterocycles. The van der Waals surface area contributed by atoms with Crippen molar-refractivity contribution in [3.63, 3.8) is 0 Å². The SMILES string of the molecule is CCCC(C)Oc1ccc2c(c1)CC[C@@H]2O. The van der Waals surface area contributed by atoms with Crippen LogP contribution in [0.5, 0.6) is 5.75 Å². The van der Waals surface area contributed by atoms with E-state index >= 15 is 0 Å². The zero-order valence-corrected chi connectivity index (χ0v) is 10.1. The molecule has 1 aliphatic carbocycles. The molecule has 1 aromatic carbocycles. The highest BCUT2D eigenvalue weighted by molar-refractivity contribution is 5.39. The van der Waals surface area contributed by atoms with Crippen LogP contribution in [0.25, 0.3) is 0 Å². The molecule has 0 aromatic heterocycles. The van der Waals surface area contributed by atoms with E-state index < -0.39 is 0 Å². The van der Waals surface area contributed by atoms with Gasteiger partial charge in [0.25, 0.3) is 0 Å². The molecule has 2 heteroatoms. The van der Waals surface area contributed by atoms with Gasteiger partial charge in [-0.05, 0) is 49.4 Å². The van der Waals surface area contributed by atoms with Crippen molar-refractivity contribution in [1.29, 1.82) is 0 Å². The fraction of sp³-hybridized carbons (Fsp3) is 0.571. The summed E-state index contributed by atoms with van der Waals surface area (Å²) < 4.78 is 5.83. The Labute approximate surface area is 97.3 Å². The maximum absolute atomic E-state index is 9.70. The maximum Gasteiger partial charge on any atom is 0.119 e. The third kappa shape index (κ3) is 2.38. The minimum atomic E-state index is -0.267. The van der Waals surface area contributed by atoms with Gasteiger partial charge in [-0.15, -0.1) is 0 Å². The highest BCUT2D eigenvalue weighted by Gasteiger charge is 2.20. The number of benzene rings is 1. The molecule has 0 saturated carbocycles. The van der Waals surface area contributed by atoms with Crippen molar-refractivity contribution in [2.24, 2.45) is 0 Å². The lowest BCUT2D eigenvalue weighted by molar-refractivity contribution is 0.180. The molecule has 1 N–H and O–H groups in total. The van der Waals surface area contributed by atoms with Crippen LogP contribution in [-0.4, -0.2) is 11.2 Å². The molecule has 0 radical (unpaired) electrons. The molecular formula is C14H20O2. The summed E-state index contributed by atoms with van der Waals surface area (Å²) in [6.45, 7) is 4.27. The van der Waals surface area contributed by atoms with Gasteiger partial charge < -0.3 is 9.84 Å². The van der Waals surface area contributed by atoms with Gasteiger partial charge >= 0.3 is 0 Å². The minimum Gasteiger partial charge on any atom is -0.491 e. The van der Waals surface area contributed by atoms with Crippen molar-refractivity contribution < 1.29 is 9.84 Å². The van der Waals surface area contributed by atoms with Crippen LogP contribution >= 0.6 is 0 Å². The van der Waals surface area contributed by atoms with Crippen LogP contribution in [0.2, 0.25) is 0 Å². The monoisotopic (exact) mass is 220 g/mol. The Kier molecular flexibility index (Phi) is 3.49. The van der Waals surface area contributed by atoms with E-state index in [1.807, 2.05) is 12.1 Å². The van der Waals surface area contributed by atoms with E-state index in [9.17, 15) is 5.11 Å². The van der Waals surface area contributed by atoms with Crippen molar-refractivity contribution in [3.8, 4) is 5.75 Å². The molecule has 1 aliphatic rings. The van der Waals surface area contributed by atoms with E-state index in [2.05, 4.69) is 19.9 Å². The Morgan fingerprint density at radius 1 is 1.50 bits per heavy atom. The Bertz CT molecular complexity index is 360. The van der Waals surface area contributed by atoms with Crippen molar-refractivity contribution >= 4 is 0 Å². The number of fused-ring (bicyclic) bond motifs is 1. The van der Waals surface area contributed by atoms with Crippen molar-refractivity contribution in [2.45, 2.75) is 51.7 Å². The van der Waals surface area contributed by atoms with E-state index in [1.165, 1.54) is 5.56 Å². The van der Waals surface area contributed by atoms with Gasteiger partial charge in [-0.3, -0.25) is 0 Å². The first-order valence-corrected chi connectivity index (χ1v) is 6.18. The lowest BCUT2D eigenvalue weighted by Crippen LogP contribution is -2.11. The van der Waals surface area contributed by atoms with Gasteiger partial charge in [-0.1, -0.05) is 19.4 Å². The van der Waals surface area contributed by atoms with Crippen LogP contribution in [0.15, 0.2) is 18.2 Å². The molecule has 0 fully saturated rings. The molecule has 2 rings (SSSR count). The highest BCUT2D eigenvalue weighted by Crippen LogP contribution is 2.33. The van der Waals surface area contributed by atoms with Gasteiger partial charge in [0.15, 0.2) is 0 Å². The molecule has 88 valence electrons. The number of aliphatic hydroxyl groups is 1. The van der Waals surface area contributed by atoms with Gasteiger partial charge in [-0.2, -0.15) is 0 Å². The molecule has 1 aromatic rings. The van der Waals surface area contributed by atoms with Crippen LogP contribution in [0, 0.1) is 0 Å². The van der Waals surface area contributed by atoms with Crippen LogP contribution in [-0.2, 0) is 6.42 Å². The summed E-state index contributed by atoms with van der Waals surface area (Å²) >= 11 is 0. The fourth-order valence-corrected chi connectivity index (χ4v) is 2.34. The lowest BCUT2D eigenvalue weighted by atomic mass is 10.1. The maximum atomic E-state index is 9.70. The molecule has 0 spiro atoms. The molecule has 0 amide bonds. The van der Waals surface area contributed by atoms with E-state index in [1.54, 1.807) is 0 Å². The highest BCUT2D eigenvalue weighted by atomic mass is 16.5. The number of hydrogen-bond acceptors (Lipinski definition) is 2. The predicted octanol–water partition coefficient (Wildman–Crippen LogP) is 3.23. The van der Waals surface area contributed by atoms with E-state index in [4.69, 9.17) is 4.74 Å². The summed E-state index contributed by atoms with van der Waals surface area (Å²) in [4.78, 5) is 0. The Morgan fingerprint density at radius 3 is 3.06 bits per heavy atom. The van der Waals surface area contributed by atoms with Crippen molar-refractivity contribution in [1.82, 2.24) is 0 Å². The average Bonchev–Trinajstić information content (AvgIpc) is 2.60. The Morgan fingerprint density at radius 2 is 2.31 bits per heavy atom. The van der Waals surface area contributed by atoms with Crippen LogP contribution < -0.4 is 4.74 Å². The van der Waals surface area contributed by atoms with E-state index in [0.29, 0.717) is 0 Å². The Hall–Kier alpha value is -1.02. The number of aliphatic hydroxyl groups excluding tert-OH is 1. The first-order chi connectivity index (χ1) is 7.70. The third-order valence-electron chi connectivity index (χ3n) is 3.19. The number of hydrogen-bond donors (Lipinski definition) is 1. The molecule has 2 nitrogen and oxygen atoms in total. The van der Waals surface area contributed by atoms with Gasteiger partial charge in [-0.25, -0.2) is 0 Å². The molecule has 1 unspecified atom stereocenters.